The third kappa shape index (κ3) is 2.66. The van der Waals surface area contributed by atoms with Crippen molar-refractivity contribution in [2.75, 3.05) is 4.72 Å². The van der Waals surface area contributed by atoms with Gasteiger partial charge in [0.1, 0.15) is 5.75 Å². The average molecular weight is 342 g/mol. The van der Waals surface area contributed by atoms with Crippen molar-refractivity contribution < 1.29 is 13.5 Å². The van der Waals surface area contributed by atoms with Crippen molar-refractivity contribution in [3.05, 3.63) is 35.0 Å². The molecular formula is C14H16ClN3O3S. The van der Waals surface area contributed by atoms with Crippen LogP contribution in [-0.4, -0.2) is 23.3 Å². The molecule has 0 unspecified atom stereocenters. The summed E-state index contributed by atoms with van der Waals surface area (Å²) in [6.07, 6.45) is 4.39. The van der Waals surface area contributed by atoms with Crippen LogP contribution in [0.2, 0.25) is 5.02 Å². The van der Waals surface area contributed by atoms with E-state index in [1.807, 2.05) is 0 Å². The molecule has 1 heterocycles. The van der Waals surface area contributed by atoms with Crippen molar-refractivity contribution in [1.29, 1.82) is 0 Å². The molecule has 1 aliphatic rings. The molecule has 0 saturated heterocycles. The van der Waals surface area contributed by atoms with Gasteiger partial charge >= 0.3 is 0 Å². The Labute approximate surface area is 133 Å². The zero-order valence-corrected chi connectivity index (χ0v) is 13.5. The normalized spacial score (nSPS) is 15.5. The van der Waals surface area contributed by atoms with Gasteiger partial charge in [-0.2, -0.15) is 13.5 Å². The minimum atomic E-state index is -3.85. The summed E-state index contributed by atoms with van der Waals surface area (Å²) in [5.74, 6) is -0.136. The highest BCUT2D eigenvalue weighted by Gasteiger charge is 2.28. The number of benzene rings is 1. The van der Waals surface area contributed by atoms with Crippen molar-refractivity contribution in [2.45, 2.75) is 37.3 Å². The quantitative estimate of drug-likeness (QED) is 0.837. The summed E-state index contributed by atoms with van der Waals surface area (Å²) in [7, 11) is -3.85. The molecule has 1 saturated carbocycles. The topological polar surface area (TPSA) is 84.2 Å². The zero-order valence-electron chi connectivity index (χ0n) is 12.0. The minimum Gasteiger partial charge on any atom is -0.505 e. The maximum atomic E-state index is 12.6. The molecule has 8 heteroatoms. The number of hydrogen-bond acceptors (Lipinski definition) is 4. The van der Waals surface area contributed by atoms with Crippen LogP contribution in [0.3, 0.4) is 0 Å². The lowest BCUT2D eigenvalue weighted by atomic mass is 9.93. The van der Waals surface area contributed by atoms with E-state index in [2.05, 4.69) is 9.82 Å². The molecule has 3 rings (SSSR count). The van der Waals surface area contributed by atoms with Crippen LogP contribution in [0.4, 0.5) is 5.69 Å². The first-order valence-corrected chi connectivity index (χ1v) is 8.80. The van der Waals surface area contributed by atoms with E-state index < -0.39 is 10.0 Å². The van der Waals surface area contributed by atoms with Gasteiger partial charge in [0.15, 0.2) is 5.03 Å². The predicted octanol–water partition coefficient (Wildman–Crippen LogP) is 3.08. The molecular weight excluding hydrogens is 326 g/mol. The highest BCUT2D eigenvalue weighted by Crippen LogP contribution is 2.35. The molecule has 1 aromatic carbocycles. The van der Waals surface area contributed by atoms with Crippen LogP contribution < -0.4 is 4.72 Å². The summed E-state index contributed by atoms with van der Waals surface area (Å²) in [5.41, 5.74) is 0.559. The van der Waals surface area contributed by atoms with Crippen LogP contribution in [0.15, 0.2) is 29.4 Å². The van der Waals surface area contributed by atoms with E-state index in [1.165, 1.54) is 23.0 Å². The van der Waals surface area contributed by atoms with Crippen LogP contribution in [0.5, 0.6) is 5.75 Å². The number of halogens is 1. The van der Waals surface area contributed by atoms with Gasteiger partial charge in [-0.1, -0.05) is 11.6 Å². The number of rotatable bonds is 4. The summed E-state index contributed by atoms with van der Waals surface area (Å²) in [5, 5.41) is 14.6. The molecule has 0 atom stereocenters. The van der Waals surface area contributed by atoms with Crippen LogP contribution in [-0.2, 0) is 10.0 Å². The fourth-order valence-electron chi connectivity index (χ4n) is 2.43. The second-order valence-corrected chi connectivity index (χ2v) is 7.49. The number of nitrogens with zero attached hydrogens (tertiary/aromatic N) is 2. The number of nitrogens with one attached hydrogen (secondary N) is 1. The first-order chi connectivity index (χ1) is 10.4. The maximum absolute atomic E-state index is 12.6. The second-order valence-electron chi connectivity index (χ2n) is 5.42. The van der Waals surface area contributed by atoms with Gasteiger partial charge in [-0.25, -0.2) is 4.68 Å². The van der Waals surface area contributed by atoms with E-state index >= 15 is 0 Å². The molecule has 6 nitrogen and oxygen atoms in total. The fourth-order valence-corrected chi connectivity index (χ4v) is 3.94. The van der Waals surface area contributed by atoms with Crippen molar-refractivity contribution in [1.82, 2.24) is 9.78 Å². The predicted molar refractivity (Wildman–Crippen MR) is 83.8 cm³/mol. The number of aryl methyl sites for hydroxylation is 1. The fraction of sp³-hybridized carbons (Fsp3) is 0.357. The molecule has 2 N–H and O–H groups in total. The van der Waals surface area contributed by atoms with E-state index in [0.717, 1.165) is 19.3 Å². The van der Waals surface area contributed by atoms with Crippen molar-refractivity contribution in [3.63, 3.8) is 0 Å². The van der Waals surface area contributed by atoms with Crippen LogP contribution in [0.25, 0.3) is 0 Å². The lowest BCUT2D eigenvalue weighted by molar-refractivity contribution is 0.271. The zero-order chi connectivity index (χ0) is 15.9. The highest BCUT2D eigenvalue weighted by atomic mass is 35.5. The van der Waals surface area contributed by atoms with E-state index in [1.54, 1.807) is 13.0 Å². The SMILES string of the molecule is Cc1cc(Cl)cc(NS(=O)(=O)c2ccnn2C2CCC2)c1O. The smallest absolute Gasteiger partial charge is 0.279 e. The molecule has 0 radical (unpaired) electrons. The largest absolute Gasteiger partial charge is 0.505 e. The Morgan fingerprint density at radius 2 is 2.14 bits per heavy atom. The standard InChI is InChI=1S/C14H16ClN3O3S/c1-9-7-10(15)8-12(14(9)19)17-22(20,21)13-5-6-16-18(13)11-3-2-4-11/h5-8,11,17,19H,2-4H2,1H3. The van der Waals surface area contributed by atoms with Gasteiger partial charge in [0.2, 0.25) is 0 Å². The Kier molecular flexibility index (Phi) is 3.78. The second kappa shape index (κ2) is 5.48. The third-order valence-corrected chi connectivity index (χ3v) is 5.42. The number of aromatic nitrogens is 2. The highest BCUT2D eigenvalue weighted by molar-refractivity contribution is 7.92. The summed E-state index contributed by atoms with van der Waals surface area (Å²) in [6.45, 7) is 1.65. The molecule has 22 heavy (non-hydrogen) atoms. The van der Waals surface area contributed by atoms with Crippen LogP contribution >= 0.6 is 11.6 Å². The van der Waals surface area contributed by atoms with Gasteiger partial charge in [0.05, 0.1) is 17.9 Å². The lowest BCUT2D eigenvalue weighted by Gasteiger charge is -2.27. The summed E-state index contributed by atoms with van der Waals surface area (Å²) in [6, 6.07) is 4.52. The Morgan fingerprint density at radius 3 is 2.77 bits per heavy atom. The summed E-state index contributed by atoms with van der Waals surface area (Å²) >= 11 is 5.93. The molecule has 0 aliphatic heterocycles. The Balaban J connectivity index is 1.96. The number of phenols is 1. The molecule has 1 fully saturated rings. The van der Waals surface area contributed by atoms with Crippen molar-refractivity contribution in [2.24, 2.45) is 0 Å². The van der Waals surface area contributed by atoms with Gasteiger partial charge in [0, 0.05) is 5.02 Å². The molecule has 0 bridgehead atoms. The molecule has 2 aromatic rings. The van der Waals surface area contributed by atoms with Gasteiger partial charge in [-0.05, 0) is 49.9 Å². The van der Waals surface area contributed by atoms with Crippen LogP contribution in [0.1, 0.15) is 30.9 Å². The van der Waals surface area contributed by atoms with Gasteiger partial charge in [-0.3, -0.25) is 4.72 Å². The summed E-state index contributed by atoms with van der Waals surface area (Å²) in [4.78, 5) is 0. The first-order valence-electron chi connectivity index (χ1n) is 6.94. The number of aromatic hydroxyl groups is 1. The number of phenolic OH excluding ortho intramolecular Hbond substituents is 1. The van der Waals surface area contributed by atoms with E-state index in [-0.39, 0.29) is 22.5 Å². The summed E-state index contributed by atoms with van der Waals surface area (Å²) < 4.78 is 29.1. The molecule has 0 spiro atoms. The van der Waals surface area contributed by atoms with Gasteiger partial charge in [0.25, 0.3) is 10.0 Å². The maximum Gasteiger partial charge on any atom is 0.279 e. The molecule has 0 amide bonds. The minimum absolute atomic E-state index is 0.0614. The Morgan fingerprint density at radius 1 is 1.41 bits per heavy atom. The van der Waals surface area contributed by atoms with Gasteiger partial charge in [-0.15, -0.1) is 0 Å². The molecule has 1 aromatic heterocycles. The Hall–Kier alpha value is -1.73. The molecule has 1 aliphatic carbocycles. The monoisotopic (exact) mass is 341 g/mol. The lowest BCUT2D eigenvalue weighted by Crippen LogP contribution is -2.24. The number of sulfonamides is 1. The van der Waals surface area contributed by atoms with Gasteiger partial charge < -0.3 is 5.11 Å². The van der Waals surface area contributed by atoms with Crippen molar-refractivity contribution >= 4 is 27.3 Å². The van der Waals surface area contributed by atoms with E-state index in [4.69, 9.17) is 11.6 Å². The third-order valence-electron chi connectivity index (χ3n) is 3.84. The Bertz CT molecular complexity index is 813. The average Bonchev–Trinajstić information content (AvgIpc) is 2.82. The van der Waals surface area contributed by atoms with Crippen LogP contribution in [0, 0.1) is 6.92 Å². The first kappa shape index (κ1) is 15.2. The number of hydrogen-bond donors (Lipinski definition) is 2. The van der Waals surface area contributed by atoms with Crippen molar-refractivity contribution in [3.8, 4) is 5.75 Å². The molecule has 118 valence electrons. The number of anilines is 1. The van der Waals surface area contributed by atoms with E-state index in [9.17, 15) is 13.5 Å². The van der Waals surface area contributed by atoms with E-state index in [0.29, 0.717) is 10.6 Å².